The Bertz CT molecular complexity index is 551. The fraction of sp³-hybridized carbons (Fsp3) is 0.875. The van der Waals surface area contributed by atoms with Gasteiger partial charge in [0.15, 0.2) is 15.8 Å². The zero-order valence-corrected chi connectivity index (χ0v) is 17.3. The molecule has 9 heteroatoms. The first-order valence-corrected chi connectivity index (χ1v) is 10.4. The van der Waals surface area contributed by atoms with E-state index in [1.54, 1.807) is 27.7 Å². The molecule has 25 heavy (non-hydrogen) atoms. The molecule has 0 aromatic heterocycles. The summed E-state index contributed by atoms with van der Waals surface area (Å²) in [5, 5.41) is 8.82. The normalized spacial score (nSPS) is 13.3. The van der Waals surface area contributed by atoms with Gasteiger partial charge in [0.2, 0.25) is 0 Å². The highest BCUT2D eigenvalue weighted by Crippen LogP contribution is 2.09. The molecule has 0 rings (SSSR count). The number of nitrogens with one attached hydrogen (secondary N) is 3. The molecule has 0 bridgehead atoms. The molecular formula is C16H34N4O4S. The molecule has 0 aliphatic carbocycles. The third-order valence-electron chi connectivity index (χ3n) is 2.96. The Balaban J connectivity index is 4.68. The van der Waals surface area contributed by atoms with Crippen LogP contribution in [0.1, 0.15) is 48.5 Å². The summed E-state index contributed by atoms with van der Waals surface area (Å²) in [4.78, 5) is 16.3. The largest absolute Gasteiger partial charge is 0.444 e. The maximum Gasteiger partial charge on any atom is 0.408 e. The fourth-order valence-electron chi connectivity index (χ4n) is 1.71. The Kier molecular flexibility index (Phi) is 9.24. The summed E-state index contributed by atoms with van der Waals surface area (Å²) in [6.45, 7) is 13.9. The summed E-state index contributed by atoms with van der Waals surface area (Å²) in [6.07, 6.45) is -0.500. The molecule has 0 atom stereocenters. The SMILES string of the molecule is CCNC(=NCC(C)(C)NC(=O)OC(C)(C)C)NCCS(=O)(=O)CC. The molecule has 0 spiro atoms. The van der Waals surface area contributed by atoms with E-state index in [0.717, 1.165) is 0 Å². The molecule has 8 nitrogen and oxygen atoms in total. The number of hydrogen-bond acceptors (Lipinski definition) is 5. The van der Waals surface area contributed by atoms with Crippen molar-refractivity contribution in [2.45, 2.75) is 59.6 Å². The first kappa shape index (κ1) is 23.5. The lowest BCUT2D eigenvalue weighted by atomic mass is 10.1. The van der Waals surface area contributed by atoms with Gasteiger partial charge in [0.25, 0.3) is 0 Å². The molecule has 0 heterocycles. The van der Waals surface area contributed by atoms with Crippen LogP contribution < -0.4 is 16.0 Å². The van der Waals surface area contributed by atoms with Gasteiger partial charge in [0, 0.05) is 18.8 Å². The Hall–Kier alpha value is -1.51. The van der Waals surface area contributed by atoms with Gasteiger partial charge >= 0.3 is 6.09 Å². The number of aliphatic imine (C=N–C) groups is 1. The number of carbonyl (C=O) groups excluding carboxylic acids is 1. The van der Waals surface area contributed by atoms with Crippen LogP contribution in [0.4, 0.5) is 4.79 Å². The van der Waals surface area contributed by atoms with E-state index in [4.69, 9.17) is 4.74 Å². The van der Waals surface area contributed by atoms with E-state index in [2.05, 4.69) is 20.9 Å². The average molecular weight is 379 g/mol. The monoisotopic (exact) mass is 378 g/mol. The van der Waals surface area contributed by atoms with Gasteiger partial charge in [-0.05, 0) is 41.5 Å². The van der Waals surface area contributed by atoms with Crippen LogP contribution in [-0.2, 0) is 14.6 Å². The molecule has 0 unspecified atom stereocenters. The predicted octanol–water partition coefficient (Wildman–Crippen LogP) is 1.28. The molecule has 0 radical (unpaired) electrons. The Morgan fingerprint density at radius 2 is 1.68 bits per heavy atom. The van der Waals surface area contributed by atoms with Crippen molar-refractivity contribution in [3.8, 4) is 0 Å². The highest BCUT2D eigenvalue weighted by Gasteiger charge is 2.24. The summed E-state index contributed by atoms with van der Waals surface area (Å²) >= 11 is 0. The van der Waals surface area contributed by atoms with Gasteiger partial charge in [-0.1, -0.05) is 6.92 Å². The third kappa shape index (κ3) is 12.5. The van der Waals surface area contributed by atoms with Crippen LogP contribution >= 0.6 is 0 Å². The second kappa shape index (κ2) is 9.84. The van der Waals surface area contributed by atoms with Crippen molar-refractivity contribution in [3.63, 3.8) is 0 Å². The van der Waals surface area contributed by atoms with Crippen LogP contribution in [0.5, 0.6) is 0 Å². The molecule has 0 saturated carbocycles. The van der Waals surface area contributed by atoms with Gasteiger partial charge in [0.05, 0.1) is 17.8 Å². The smallest absolute Gasteiger partial charge is 0.408 e. The first-order chi connectivity index (χ1) is 11.3. The summed E-state index contributed by atoms with van der Waals surface area (Å²) in [5.74, 6) is 0.677. The topological polar surface area (TPSA) is 109 Å². The quantitative estimate of drug-likeness (QED) is 0.434. The lowest BCUT2D eigenvalue weighted by Gasteiger charge is -2.27. The van der Waals surface area contributed by atoms with E-state index >= 15 is 0 Å². The van der Waals surface area contributed by atoms with Crippen LogP contribution in [0.3, 0.4) is 0 Å². The van der Waals surface area contributed by atoms with Crippen molar-refractivity contribution < 1.29 is 17.9 Å². The molecule has 0 aliphatic rings. The van der Waals surface area contributed by atoms with Crippen LogP contribution in [0, 0.1) is 0 Å². The molecule has 0 aromatic carbocycles. The lowest BCUT2D eigenvalue weighted by Crippen LogP contribution is -2.49. The highest BCUT2D eigenvalue weighted by atomic mass is 32.2. The number of sulfone groups is 1. The number of hydrogen-bond donors (Lipinski definition) is 3. The number of rotatable bonds is 8. The fourth-order valence-corrected chi connectivity index (χ4v) is 2.41. The van der Waals surface area contributed by atoms with Crippen LogP contribution in [-0.4, -0.2) is 62.8 Å². The van der Waals surface area contributed by atoms with Gasteiger partial charge in [-0.3, -0.25) is 4.99 Å². The molecule has 148 valence electrons. The van der Waals surface area contributed by atoms with Gasteiger partial charge in [-0.2, -0.15) is 0 Å². The number of nitrogens with zero attached hydrogens (tertiary/aromatic N) is 1. The van der Waals surface area contributed by atoms with Crippen LogP contribution in [0.25, 0.3) is 0 Å². The van der Waals surface area contributed by atoms with Crippen molar-refractivity contribution in [2.24, 2.45) is 4.99 Å². The van der Waals surface area contributed by atoms with Gasteiger partial charge < -0.3 is 20.7 Å². The number of alkyl carbamates (subject to hydrolysis) is 1. The number of amides is 1. The third-order valence-corrected chi connectivity index (χ3v) is 4.67. The van der Waals surface area contributed by atoms with Gasteiger partial charge in [0.1, 0.15) is 5.60 Å². The van der Waals surface area contributed by atoms with Gasteiger partial charge in [-0.25, -0.2) is 13.2 Å². The van der Waals surface area contributed by atoms with Gasteiger partial charge in [-0.15, -0.1) is 0 Å². The maximum atomic E-state index is 11.9. The van der Waals surface area contributed by atoms with Crippen molar-refractivity contribution in [2.75, 3.05) is 31.1 Å². The van der Waals surface area contributed by atoms with E-state index in [-0.39, 0.29) is 18.1 Å². The summed E-state index contributed by atoms with van der Waals surface area (Å²) in [6, 6.07) is 0. The van der Waals surface area contributed by atoms with Crippen molar-refractivity contribution in [1.82, 2.24) is 16.0 Å². The highest BCUT2D eigenvalue weighted by molar-refractivity contribution is 7.91. The van der Waals surface area contributed by atoms with Crippen LogP contribution in [0.15, 0.2) is 4.99 Å². The molecular weight excluding hydrogens is 344 g/mol. The van der Waals surface area contributed by atoms with Crippen molar-refractivity contribution >= 4 is 21.9 Å². The van der Waals surface area contributed by atoms with Crippen LogP contribution in [0.2, 0.25) is 0 Å². The zero-order chi connectivity index (χ0) is 19.7. The lowest BCUT2D eigenvalue weighted by molar-refractivity contribution is 0.0476. The second-order valence-corrected chi connectivity index (χ2v) is 9.84. The number of carbonyl (C=O) groups is 1. The van der Waals surface area contributed by atoms with E-state index in [1.807, 2.05) is 20.8 Å². The predicted molar refractivity (Wildman–Crippen MR) is 102 cm³/mol. The standard InChI is InChI=1S/C16H34N4O4S/c1-8-17-13(18-10-11-25(22,23)9-2)19-12-16(6,7)20-14(21)24-15(3,4)5/h8-12H2,1-7H3,(H,20,21)(H2,17,18,19). The van der Waals surface area contributed by atoms with Crippen molar-refractivity contribution in [1.29, 1.82) is 0 Å². The Labute approximate surface area is 152 Å². The summed E-state index contributed by atoms with van der Waals surface area (Å²) < 4.78 is 28.3. The zero-order valence-electron chi connectivity index (χ0n) is 16.5. The van der Waals surface area contributed by atoms with E-state index in [9.17, 15) is 13.2 Å². The van der Waals surface area contributed by atoms with E-state index < -0.39 is 27.1 Å². The molecule has 0 saturated heterocycles. The minimum absolute atomic E-state index is 0.0491. The average Bonchev–Trinajstić information content (AvgIpc) is 2.42. The van der Waals surface area contributed by atoms with Crippen molar-refractivity contribution in [3.05, 3.63) is 0 Å². The molecule has 0 aliphatic heterocycles. The molecule has 0 fully saturated rings. The molecule has 1 amide bonds. The number of ether oxygens (including phenoxy) is 1. The van der Waals surface area contributed by atoms with E-state index in [1.165, 1.54) is 0 Å². The van der Waals surface area contributed by atoms with E-state index in [0.29, 0.717) is 19.0 Å². The second-order valence-electron chi connectivity index (χ2n) is 7.37. The first-order valence-electron chi connectivity index (χ1n) is 8.54. The summed E-state index contributed by atoms with van der Waals surface area (Å²) in [5.41, 5.74) is -1.18. The molecule has 0 aromatic rings. The minimum Gasteiger partial charge on any atom is -0.444 e. The Morgan fingerprint density at radius 3 is 2.16 bits per heavy atom. The molecule has 3 N–H and O–H groups in total. The Morgan fingerprint density at radius 1 is 1.08 bits per heavy atom. The maximum absolute atomic E-state index is 11.9. The number of guanidine groups is 1. The minimum atomic E-state index is -3.03. The summed E-state index contributed by atoms with van der Waals surface area (Å²) in [7, 11) is -3.03.